The molecule has 3 nitrogen and oxygen atoms in total. The van der Waals surface area contributed by atoms with Crippen molar-refractivity contribution in [1.82, 2.24) is 10.6 Å². The number of hydrogen-bond donors (Lipinski definition) is 2. The minimum Gasteiger partial charge on any atom is -0.352 e. The molecule has 0 radical (unpaired) electrons. The molecule has 0 aromatic heterocycles. The summed E-state index contributed by atoms with van der Waals surface area (Å²) in [5.74, 6) is 1.07. The van der Waals surface area contributed by atoms with E-state index in [4.69, 9.17) is 0 Å². The van der Waals surface area contributed by atoms with Crippen LogP contribution < -0.4 is 10.6 Å². The summed E-state index contributed by atoms with van der Waals surface area (Å²) in [6, 6.07) is 0.514. The Morgan fingerprint density at radius 2 is 2.00 bits per heavy atom. The first-order valence-corrected chi connectivity index (χ1v) is 6.79. The molecule has 1 amide bonds. The number of hydrogen-bond acceptors (Lipinski definition) is 2. The molecule has 2 N–H and O–H groups in total. The third kappa shape index (κ3) is 3.21. The van der Waals surface area contributed by atoms with Crippen LogP contribution in [0.2, 0.25) is 0 Å². The van der Waals surface area contributed by atoms with Crippen LogP contribution in [0.3, 0.4) is 0 Å². The van der Waals surface area contributed by atoms with Gasteiger partial charge in [-0.05, 0) is 44.6 Å². The van der Waals surface area contributed by atoms with Crippen LogP contribution in [0.1, 0.15) is 51.9 Å². The summed E-state index contributed by atoms with van der Waals surface area (Å²) in [7, 11) is 0. The molecule has 1 aliphatic heterocycles. The molecule has 3 heteroatoms. The van der Waals surface area contributed by atoms with Crippen molar-refractivity contribution in [3.63, 3.8) is 0 Å². The van der Waals surface area contributed by atoms with E-state index < -0.39 is 0 Å². The van der Waals surface area contributed by atoms with Gasteiger partial charge in [-0.15, -0.1) is 0 Å². The van der Waals surface area contributed by atoms with E-state index >= 15 is 0 Å². The first kappa shape index (κ1) is 11.9. The predicted octanol–water partition coefficient (Wildman–Crippen LogP) is 1.82. The lowest BCUT2D eigenvalue weighted by Gasteiger charge is -2.19. The molecule has 2 rings (SSSR count). The zero-order chi connectivity index (χ0) is 11.4. The molecule has 3 atom stereocenters. The van der Waals surface area contributed by atoms with Crippen molar-refractivity contribution >= 4 is 5.91 Å². The fourth-order valence-corrected chi connectivity index (χ4v) is 2.84. The fourth-order valence-electron chi connectivity index (χ4n) is 2.84. The highest BCUT2D eigenvalue weighted by atomic mass is 16.2. The summed E-state index contributed by atoms with van der Waals surface area (Å²) in [4.78, 5) is 11.9. The van der Waals surface area contributed by atoms with E-state index in [0.717, 1.165) is 25.3 Å². The number of amides is 1. The lowest BCUT2D eigenvalue weighted by molar-refractivity contribution is -0.123. The van der Waals surface area contributed by atoms with Gasteiger partial charge < -0.3 is 10.6 Å². The molecule has 1 heterocycles. The van der Waals surface area contributed by atoms with Crippen molar-refractivity contribution in [2.75, 3.05) is 6.54 Å². The summed E-state index contributed by atoms with van der Waals surface area (Å²) in [6.45, 7) is 3.32. The second kappa shape index (κ2) is 5.67. The minimum atomic E-state index is 0.0840. The van der Waals surface area contributed by atoms with Gasteiger partial charge in [0.25, 0.3) is 0 Å². The van der Waals surface area contributed by atoms with Gasteiger partial charge in [-0.1, -0.05) is 19.8 Å². The molecule has 1 aliphatic carbocycles. The quantitative estimate of drug-likeness (QED) is 0.703. The monoisotopic (exact) mass is 224 g/mol. The van der Waals surface area contributed by atoms with Crippen molar-refractivity contribution in [3.8, 4) is 0 Å². The van der Waals surface area contributed by atoms with Crippen LogP contribution in [0.15, 0.2) is 0 Å². The molecule has 2 aliphatic rings. The zero-order valence-electron chi connectivity index (χ0n) is 10.3. The molecule has 1 saturated carbocycles. The number of rotatable bonds is 2. The summed E-state index contributed by atoms with van der Waals surface area (Å²) < 4.78 is 0. The maximum Gasteiger partial charge on any atom is 0.237 e. The molecule has 16 heavy (non-hydrogen) atoms. The maximum absolute atomic E-state index is 11.9. The van der Waals surface area contributed by atoms with Crippen molar-refractivity contribution in [1.29, 1.82) is 0 Å². The molecule has 0 aromatic rings. The summed E-state index contributed by atoms with van der Waals surface area (Å²) in [5.41, 5.74) is 0. The van der Waals surface area contributed by atoms with Crippen LogP contribution in [0, 0.1) is 5.92 Å². The van der Waals surface area contributed by atoms with Gasteiger partial charge in [-0.3, -0.25) is 4.79 Å². The Kier molecular flexibility index (Phi) is 4.22. The average molecular weight is 224 g/mol. The number of carbonyl (C=O) groups excluding carboxylic acids is 1. The van der Waals surface area contributed by atoms with Crippen LogP contribution in [-0.4, -0.2) is 24.5 Å². The van der Waals surface area contributed by atoms with Gasteiger partial charge in [-0.2, -0.15) is 0 Å². The highest BCUT2D eigenvalue weighted by Gasteiger charge is 2.25. The molecule has 2 fully saturated rings. The van der Waals surface area contributed by atoms with E-state index in [1.54, 1.807) is 0 Å². The molecular formula is C13H24N2O. The highest BCUT2D eigenvalue weighted by molar-refractivity contribution is 5.82. The van der Waals surface area contributed by atoms with Gasteiger partial charge in [0, 0.05) is 6.04 Å². The summed E-state index contributed by atoms with van der Waals surface area (Å²) >= 11 is 0. The van der Waals surface area contributed by atoms with Crippen molar-refractivity contribution in [2.24, 2.45) is 5.92 Å². The Bertz CT molecular complexity index is 236. The molecule has 0 spiro atoms. The summed E-state index contributed by atoms with van der Waals surface area (Å²) in [6.07, 6.45) is 8.35. The van der Waals surface area contributed by atoms with E-state index in [9.17, 15) is 4.79 Å². The van der Waals surface area contributed by atoms with Gasteiger partial charge in [0.15, 0.2) is 0 Å². The smallest absolute Gasteiger partial charge is 0.237 e. The Morgan fingerprint density at radius 3 is 2.75 bits per heavy atom. The third-order valence-corrected chi connectivity index (χ3v) is 3.98. The van der Waals surface area contributed by atoms with E-state index in [1.807, 2.05) is 0 Å². The molecule has 92 valence electrons. The largest absolute Gasteiger partial charge is 0.352 e. The second-order valence-electron chi connectivity index (χ2n) is 5.47. The Balaban J connectivity index is 1.77. The van der Waals surface area contributed by atoms with Gasteiger partial charge in [-0.25, -0.2) is 0 Å². The predicted molar refractivity (Wildman–Crippen MR) is 65.2 cm³/mol. The standard InChI is InChI=1S/C13H24N2O/c1-10-4-2-5-11(8-7-10)15-13(16)12-6-3-9-14-12/h10-12,14H,2-9H2,1H3,(H,15,16). The lowest BCUT2D eigenvalue weighted by atomic mass is 10.0. The van der Waals surface area contributed by atoms with Gasteiger partial charge in [0.2, 0.25) is 5.91 Å². The number of nitrogens with one attached hydrogen (secondary N) is 2. The fraction of sp³-hybridized carbons (Fsp3) is 0.923. The zero-order valence-corrected chi connectivity index (χ0v) is 10.3. The highest BCUT2D eigenvalue weighted by Crippen LogP contribution is 2.22. The van der Waals surface area contributed by atoms with Crippen LogP contribution in [0.4, 0.5) is 0 Å². The lowest BCUT2D eigenvalue weighted by Crippen LogP contribution is -2.45. The van der Waals surface area contributed by atoms with Crippen LogP contribution in [-0.2, 0) is 4.79 Å². The molecule has 3 unspecified atom stereocenters. The van der Waals surface area contributed by atoms with Crippen LogP contribution >= 0.6 is 0 Å². The van der Waals surface area contributed by atoms with Crippen molar-refractivity contribution < 1.29 is 4.79 Å². The van der Waals surface area contributed by atoms with Crippen LogP contribution in [0.5, 0.6) is 0 Å². The maximum atomic E-state index is 11.9. The van der Waals surface area contributed by atoms with Crippen molar-refractivity contribution in [3.05, 3.63) is 0 Å². The molecule has 0 bridgehead atoms. The third-order valence-electron chi connectivity index (χ3n) is 3.98. The first-order chi connectivity index (χ1) is 7.75. The van der Waals surface area contributed by atoms with Crippen LogP contribution in [0.25, 0.3) is 0 Å². The van der Waals surface area contributed by atoms with E-state index in [2.05, 4.69) is 17.6 Å². The summed E-state index contributed by atoms with van der Waals surface area (Å²) in [5, 5.41) is 6.48. The van der Waals surface area contributed by atoms with E-state index in [1.165, 1.54) is 32.1 Å². The van der Waals surface area contributed by atoms with Gasteiger partial charge in [0.1, 0.15) is 0 Å². The Morgan fingerprint density at radius 1 is 1.12 bits per heavy atom. The topological polar surface area (TPSA) is 41.1 Å². The first-order valence-electron chi connectivity index (χ1n) is 6.79. The Hall–Kier alpha value is -0.570. The SMILES string of the molecule is CC1CCCC(NC(=O)C2CCCN2)CC1. The van der Waals surface area contributed by atoms with E-state index in [0.29, 0.717) is 6.04 Å². The molecule has 0 aromatic carbocycles. The van der Waals surface area contributed by atoms with Crippen molar-refractivity contribution in [2.45, 2.75) is 64.0 Å². The van der Waals surface area contributed by atoms with Gasteiger partial charge >= 0.3 is 0 Å². The van der Waals surface area contributed by atoms with E-state index in [-0.39, 0.29) is 11.9 Å². The normalized spacial score (nSPS) is 35.7. The molecule has 1 saturated heterocycles. The minimum absolute atomic E-state index is 0.0840. The van der Waals surface area contributed by atoms with Gasteiger partial charge in [0.05, 0.1) is 6.04 Å². The Labute approximate surface area is 98.4 Å². The molecular weight excluding hydrogens is 200 g/mol. The second-order valence-corrected chi connectivity index (χ2v) is 5.47. The average Bonchev–Trinajstić information content (AvgIpc) is 2.72. The number of carbonyl (C=O) groups is 1.